The summed E-state index contributed by atoms with van der Waals surface area (Å²) in [6.07, 6.45) is 3.32. The van der Waals surface area contributed by atoms with Crippen molar-refractivity contribution in [2.45, 2.75) is 6.73 Å². The van der Waals surface area contributed by atoms with Crippen molar-refractivity contribution >= 4 is 22.5 Å². The smallest absolute Gasteiger partial charge is 0.276 e. The van der Waals surface area contributed by atoms with Gasteiger partial charge in [-0.2, -0.15) is 5.10 Å². The Labute approximate surface area is 154 Å². The van der Waals surface area contributed by atoms with Gasteiger partial charge < -0.3 is 10.1 Å². The summed E-state index contributed by atoms with van der Waals surface area (Å²) in [5.41, 5.74) is 1.59. The summed E-state index contributed by atoms with van der Waals surface area (Å²) in [4.78, 5) is 16.8. The molecule has 4 rings (SSSR count). The number of amides is 1. The molecule has 2 aromatic heterocycles. The number of nitrogens with one attached hydrogen (secondary N) is 1. The van der Waals surface area contributed by atoms with Crippen LogP contribution in [0.5, 0.6) is 5.75 Å². The lowest BCUT2D eigenvalue weighted by molar-refractivity contribution is 0.102. The number of anilines is 1. The fourth-order valence-electron chi connectivity index (χ4n) is 2.62. The number of pyridine rings is 1. The first-order valence-electron chi connectivity index (χ1n) is 8.26. The van der Waals surface area contributed by atoms with Crippen molar-refractivity contribution in [3.8, 4) is 5.75 Å². The Balaban J connectivity index is 1.44. The Hall–Kier alpha value is -3.74. The largest absolute Gasteiger partial charge is 0.471 e. The molecule has 0 aliphatic carbocycles. The lowest BCUT2D eigenvalue weighted by atomic mass is 10.2. The SMILES string of the molecule is O=C(Nc1cccc2cccnc12)c1ccn(COc2ccc(F)cc2)n1. The highest BCUT2D eigenvalue weighted by atomic mass is 19.1. The number of hydrogen-bond donors (Lipinski definition) is 1. The normalized spacial score (nSPS) is 10.7. The van der Waals surface area contributed by atoms with Crippen LogP contribution in [-0.2, 0) is 6.73 Å². The Morgan fingerprint density at radius 3 is 2.74 bits per heavy atom. The van der Waals surface area contributed by atoms with Crippen LogP contribution in [-0.4, -0.2) is 20.7 Å². The summed E-state index contributed by atoms with van der Waals surface area (Å²) in [5.74, 6) is -0.156. The summed E-state index contributed by atoms with van der Waals surface area (Å²) < 4.78 is 19.9. The second kappa shape index (κ2) is 7.25. The van der Waals surface area contributed by atoms with Gasteiger partial charge in [-0.3, -0.25) is 9.78 Å². The van der Waals surface area contributed by atoms with Gasteiger partial charge in [0.05, 0.1) is 11.2 Å². The Bertz CT molecular complexity index is 1090. The molecule has 0 saturated heterocycles. The van der Waals surface area contributed by atoms with E-state index in [1.165, 1.54) is 28.9 Å². The third-order valence-electron chi connectivity index (χ3n) is 3.93. The minimum absolute atomic E-state index is 0.106. The van der Waals surface area contributed by atoms with E-state index in [2.05, 4.69) is 15.4 Å². The topological polar surface area (TPSA) is 69.0 Å². The quantitative estimate of drug-likeness (QED) is 0.585. The van der Waals surface area contributed by atoms with Gasteiger partial charge in [-0.15, -0.1) is 0 Å². The van der Waals surface area contributed by atoms with Crippen molar-refractivity contribution in [2.75, 3.05) is 5.32 Å². The van der Waals surface area contributed by atoms with Gasteiger partial charge in [0.2, 0.25) is 0 Å². The number of carbonyl (C=O) groups excluding carboxylic acids is 1. The number of para-hydroxylation sites is 1. The van der Waals surface area contributed by atoms with Gasteiger partial charge in [-0.1, -0.05) is 18.2 Å². The molecule has 0 saturated carbocycles. The second-order valence-electron chi connectivity index (χ2n) is 5.80. The molecule has 134 valence electrons. The van der Waals surface area contributed by atoms with Crippen LogP contribution in [0.4, 0.5) is 10.1 Å². The zero-order chi connectivity index (χ0) is 18.6. The van der Waals surface area contributed by atoms with E-state index in [4.69, 9.17) is 4.74 Å². The molecule has 0 radical (unpaired) electrons. The van der Waals surface area contributed by atoms with Crippen molar-refractivity contribution in [3.63, 3.8) is 0 Å². The number of benzene rings is 2. The molecular formula is C20H15FN4O2. The molecule has 0 bridgehead atoms. The highest BCUT2D eigenvalue weighted by Gasteiger charge is 2.12. The standard InChI is InChI=1S/C20H15FN4O2/c21-15-6-8-16(9-7-15)27-13-25-12-10-18(24-25)20(26)23-17-5-1-3-14-4-2-11-22-19(14)17/h1-12H,13H2,(H,23,26). The number of halogens is 1. The van der Waals surface area contributed by atoms with Crippen LogP contribution in [0.25, 0.3) is 10.9 Å². The number of hydrogen-bond acceptors (Lipinski definition) is 4. The first kappa shape index (κ1) is 16.7. The van der Waals surface area contributed by atoms with Crippen molar-refractivity contribution in [3.05, 3.63) is 84.6 Å². The van der Waals surface area contributed by atoms with Crippen LogP contribution in [0, 0.1) is 5.82 Å². The first-order valence-corrected chi connectivity index (χ1v) is 8.26. The molecule has 0 atom stereocenters. The van der Waals surface area contributed by atoms with Crippen LogP contribution >= 0.6 is 0 Å². The van der Waals surface area contributed by atoms with Crippen LogP contribution in [0.3, 0.4) is 0 Å². The van der Waals surface area contributed by atoms with Gasteiger partial charge in [0.15, 0.2) is 12.4 Å². The number of rotatable bonds is 5. The number of aromatic nitrogens is 3. The minimum Gasteiger partial charge on any atom is -0.471 e. The lowest BCUT2D eigenvalue weighted by Gasteiger charge is -2.07. The Kier molecular flexibility index (Phi) is 4.49. The molecule has 27 heavy (non-hydrogen) atoms. The van der Waals surface area contributed by atoms with Gasteiger partial charge in [-0.25, -0.2) is 9.07 Å². The highest BCUT2D eigenvalue weighted by Crippen LogP contribution is 2.21. The van der Waals surface area contributed by atoms with Gasteiger partial charge >= 0.3 is 0 Å². The summed E-state index contributed by atoms with van der Waals surface area (Å²) >= 11 is 0. The molecule has 0 spiro atoms. The molecule has 2 heterocycles. The second-order valence-corrected chi connectivity index (χ2v) is 5.80. The minimum atomic E-state index is -0.339. The fraction of sp³-hybridized carbons (Fsp3) is 0.0500. The van der Waals surface area contributed by atoms with Crippen LogP contribution in [0.2, 0.25) is 0 Å². The molecule has 0 unspecified atom stereocenters. The average molecular weight is 362 g/mol. The third kappa shape index (κ3) is 3.77. The van der Waals surface area contributed by atoms with Crippen LogP contribution in [0.15, 0.2) is 73.1 Å². The van der Waals surface area contributed by atoms with Crippen molar-refractivity contribution in [1.29, 1.82) is 0 Å². The van der Waals surface area contributed by atoms with Crippen LogP contribution in [0.1, 0.15) is 10.5 Å². The van der Waals surface area contributed by atoms with Crippen molar-refractivity contribution in [2.24, 2.45) is 0 Å². The highest BCUT2D eigenvalue weighted by molar-refractivity contribution is 6.07. The van der Waals surface area contributed by atoms with E-state index in [-0.39, 0.29) is 24.1 Å². The molecule has 4 aromatic rings. The van der Waals surface area contributed by atoms with E-state index >= 15 is 0 Å². The van der Waals surface area contributed by atoms with Gasteiger partial charge in [0, 0.05) is 17.8 Å². The average Bonchev–Trinajstić information content (AvgIpc) is 3.17. The van der Waals surface area contributed by atoms with E-state index in [1.807, 2.05) is 24.3 Å². The van der Waals surface area contributed by atoms with E-state index in [0.717, 1.165) is 5.39 Å². The molecule has 6 nitrogen and oxygen atoms in total. The molecule has 1 N–H and O–H groups in total. The molecule has 2 aromatic carbocycles. The molecule has 0 aliphatic rings. The number of nitrogens with zero attached hydrogens (tertiary/aromatic N) is 3. The molecule has 7 heteroatoms. The maximum Gasteiger partial charge on any atom is 0.276 e. The summed E-state index contributed by atoms with van der Waals surface area (Å²) in [5, 5.41) is 7.98. The molecular weight excluding hydrogens is 347 g/mol. The number of fused-ring (bicyclic) bond motifs is 1. The third-order valence-corrected chi connectivity index (χ3v) is 3.93. The van der Waals surface area contributed by atoms with Gasteiger partial charge in [-0.05, 0) is 42.5 Å². The van der Waals surface area contributed by atoms with Crippen LogP contribution < -0.4 is 10.1 Å². The predicted octanol–water partition coefficient (Wildman–Crippen LogP) is 3.86. The van der Waals surface area contributed by atoms with Crippen molar-refractivity contribution in [1.82, 2.24) is 14.8 Å². The molecule has 0 fully saturated rings. The van der Waals surface area contributed by atoms with E-state index < -0.39 is 0 Å². The van der Waals surface area contributed by atoms with Gasteiger partial charge in [0.1, 0.15) is 11.6 Å². The fourth-order valence-corrected chi connectivity index (χ4v) is 2.62. The zero-order valence-corrected chi connectivity index (χ0v) is 14.2. The predicted molar refractivity (Wildman–Crippen MR) is 99.0 cm³/mol. The molecule has 0 aliphatic heterocycles. The summed E-state index contributed by atoms with van der Waals surface area (Å²) in [6.45, 7) is 0.106. The molecule has 1 amide bonds. The van der Waals surface area contributed by atoms with Gasteiger partial charge in [0.25, 0.3) is 5.91 Å². The number of carbonyl (C=O) groups is 1. The van der Waals surface area contributed by atoms with E-state index in [0.29, 0.717) is 17.0 Å². The Morgan fingerprint density at radius 1 is 1.07 bits per heavy atom. The summed E-state index contributed by atoms with van der Waals surface area (Å²) in [6, 6.07) is 16.6. The maximum atomic E-state index is 12.9. The van der Waals surface area contributed by atoms with E-state index in [1.54, 1.807) is 24.5 Å². The first-order chi connectivity index (χ1) is 13.2. The lowest BCUT2D eigenvalue weighted by Crippen LogP contribution is -2.14. The Morgan fingerprint density at radius 2 is 1.89 bits per heavy atom. The summed E-state index contributed by atoms with van der Waals surface area (Å²) in [7, 11) is 0. The van der Waals surface area contributed by atoms with Crippen molar-refractivity contribution < 1.29 is 13.9 Å². The monoisotopic (exact) mass is 362 g/mol. The number of ether oxygens (including phenoxy) is 1. The van der Waals surface area contributed by atoms with E-state index in [9.17, 15) is 9.18 Å². The maximum absolute atomic E-state index is 12.9. The zero-order valence-electron chi connectivity index (χ0n) is 14.2.